The number of likely N-dealkylation sites (N-methyl/N-ethyl adjacent to an activating group) is 1. The molecule has 0 aliphatic heterocycles. The van der Waals surface area contributed by atoms with Crippen molar-refractivity contribution in [2.45, 2.75) is 25.9 Å². The molecule has 4 aromatic rings. The van der Waals surface area contributed by atoms with E-state index in [0.29, 0.717) is 48.5 Å². The minimum absolute atomic E-state index is 0.111. The number of rotatable bonds is 9. The van der Waals surface area contributed by atoms with Gasteiger partial charge in [-0.2, -0.15) is 5.10 Å². The summed E-state index contributed by atoms with van der Waals surface area (Å²) in [5.41, 5.74) is 1.80. The molecular formula is C25H27BrN6O2. The molecule has 4 rings (SSSR count). The maximum Gasteiger partial charge on any atom is 0.265 e. The van der Waals surface area contributed by atoms with Crippen LogP contribution in [0.25, 0.3) is 11.0 Å². The van der Waals surface area contributed by atoms with Gasteiger partial charge in [0.25, 0.3) is 11.5 Å². The molecule has 2 aromatic carbocycles. The van der Waals surface area contributed by atoms with Crippen molar-refractivity contribution < 1.29 is 4.79 Å². The first-order chi connectivity index (χ1) is 16.5. The molecule has 0 spiro atoms. The monoisotopic (exact) mass is 522 g/mol. The van der Waals surface area contributed by atoms with Gasteiger partial charge < -0.3 is 10.2 Å². The topological polar surface area (TPSA) is 95.9 Å². The highest BCUT2D eigenvalue weighted by atomic mass is 79.9. The Bertz CT molecular complexity index is 1320. The van der Waals surface area contributed by atoms with E-state index in [9.17, 15) is 9.59 Å². The lowest BCUT2D eigenvalue weighted by Crippen LogP contribution is -2.41. The predicted octanol–water partition coefficient (Wildman–Crippen LogP) is 3.74. The molecule has 2 N–H and O–H groups in total. The van der Waals surface area contributed by atoms with E-state index in [1.54, 1.807) is 21.6 Å². The molecule has 1 unspecified atom stereocenters. The minimum atomic E-state index is -0.409. The summed E-state index contributed by atoms with van der Waals surface area (Å²) < 4.78 is 2.57. The average Bonchev–Trinajstić information content (AvgIpc) is 3.33. The molecule has 2 heterocycles. The molecule has 1 amide bonds. The van der Waals surface area contributed by atoms with Gasteiger partial charge >= 0.3 is 0 Å². The molecule has 34 heavy (non-hydrogen) atoms. The Kier molecular flexibility index (Phi) is 7.54. The summed E-state index contributed by atoms with van der Waals surface area (Å²) in [6, 6.07) is 16.7. The van der Waals surface area contributed by atoms with Crippen LogP contribution in [0.3, 0.4) is 0 Å². The van der Waals surface area contributed by atoms with Crippen LogP contribution in [0.4, 0.5) is 0 Å². The maximum absolute atomic E-state index is 13.7. The van der Waals surface area contributed by atoms with E-state index in [-0.39, 0.29) is 11.5 Å². The molecule has 1 atom stereocenters. The van der Waals surface area contributed by atoms with Gasteiger partial charge in [0.05, 0.1) is 18.8 Å². The van der Waals surface area contributed by atoms with Crippen LogP contribution in [-0.2, 0) is 6.54 Å². The molecule has 0 saturated heterocycles. The number of H-pyrrole nitrogens is 1. The first-order valence-corrected chi connectivity index (χ1v) is 12.0. The number of nitrogens with zero attached hydrogens (tertiary/aromatic N) is 4. The molecule has 0 aliphatic rings. The summed E-state index contributed by atoms with van der Waals surface area (Å²) in [6.45, 7) is 3.42. The number of fused-ring (bicyclic) bond motifs is 1. The summed E-state index contributed by atoms with van der Waals surface area (Å²) in [7, 11) is 1.85. The van der Waals surface area contributed by atoms with Gasteiger partial charge in [-0.1, -0.05) is 53.2 Å². The summed E-state index contributed by atoms with van der Waals surface area (Å²) in [4.78, 5) is 33.7. The summed E-state index contributed by atoms with van der Waals surface area (Å²) in [6.07, 6.45) is 2.09. The van der Waals surface area contributed by atoms with Gasteiger partial charge in [0.1, 0.15) is 11.2 Å². The highest BCUT2D eigenvalue weighted by Gasteiger charge is 2.29. The highest BCUT2D eigenvalue weighted by Crippen LogP contribution is 2.26. The Morgan fingerprint density at radius 1 is 1.18 bits per heavy atom. The zero-order chi connectivity index (χ0) is 24.1. The van der Waals surface area contributed by atoms with Crippen LogP contribution in [0.1, 0.15) is 41.1 Å². The average molecular weight is 523 g/mol. The van der Waals surface area contributed by atoms with Crippen LogP contribution in [0.15, 0.2) is 70.1 Å². The zero-order valence-electron chi connectivity index (χ0n) is 19.2. The SMILES string of the molecule is CCC(c1nc2[nH]ncc2c(=O)n1Cc1ccccc1)N(CCNC)C(=O)c1ccc(Br)cc1. The van der Waals surface area contributed by atoms with Gasteiger partial charge in [-0.05, 0) is 43.3 Å². The fourth-order valence-corrected chi connectivity index (χ4v) is 4.31. The number of carbonyl (C=O) groups is 1. The van der Waals surface area contributed by atoms with Crippen LogP contribution in [0.5, 0.6) is 0 Å². The number of hydrogen-bond acceptors (Lipinski definition) is 5. The molecule has 0 radical (unpaired) electrons. The molecule has 0 saturated carbocycles. The third-order valence-corrected chi connectivity index (χ3v) is 6.33. The first kappa shape index (κ1) is 23.8. The van der Waals surface area contributed by atoms with Gasteiger partial charge in [0.2, 0.25) is 0 Å². The molecule has 0 aliphatic carbocycles. The second kappa shape index (κ2) is 10.8. The predicted molar refractivity (Wildman–Crippen MR) is 136 cm³/mol. The van der Waals surface area contributed by atoms with Gasteiger partial charge in [0, 0.05) is 23.1 Å². The van der Waals surface area contributed by atoms with Crippen LogP contribution in [0.2, 0.25) is 0 Å². The van der Waals surface area contributed by atoms with Crippen LogP contribution < -0.4 is 10.9 Å². The number of hydrogen-bond donors (Lipinski definition) is 2. The van der Waals surface area contributed by atoms with E-state index in [1.165, 1.54) is 6.20 Å². The van der Waals surface area contributed by atoms with E-state index >= 15 is 0 Å². The largest absolute Gasteiger partial charge is 0.327 e. The van der Waals surface area contributed by atoms with Crippen LogP contribution in [0, 0.1) is 0 Å². The first-order valence-electron chi connectivity index (χ1n) is 11.2. The fourth-order valence-electron chi connectivity index (χ4n) is 4.05. The quantitative estimate of drug-likeness (QED) is 0.349. The van der Waals surface area contributed by atoms with E-state index in [0.717, 1.165) is 10.0 Å². The van der Waals surface area contributed by atoms with Crippen LogP contribution >= 0.6 is 15.9 Å². The Balaban J connectivity index is 1.84. The lowest BCUT2D eigenvalue weighted by molar-refractivity contribution is 0.0660. The summed E-state index contributed by atoms with van der Waals surface area (Å²) >= 11 is 3.43. The minimum Gasteiger partial charge on any atom is -0.327 e. The van der Waals surface area contributed by atoms with E-state index in [4.69, 9.17) is 4.98 Å². The number of aromatic nitrogens is 4. The molecule has 9 heteroatoms. The van der Waals surface area contributed by atoms with Crippen molar-refractivity contribution in [3.05, 3.63) is 92.6 Å². The highest BCUT2D eigenvalue weighted by molar-refractivity contribution is 9.10. The Morgan fingerprint density at radius 3 is 2.59 bits per heavy atom. The maximum atomic E-state index is 13.7. The standard InChI is InChI=1S/C25H27BrN6O2/c1-3-21(31(14-13-27-2)24(33)18-9-11-19(26)12-10-18)23-29-22-20(15-28-30-22)25(34)32(23)16-17-7-5-4-6-8-17/h4-12,15,21,27H,3,13-14,16H2,1-2H3,(H,28,30). The van der Waals surface area contributed by atoms with Gasteiger partial charge in [-0.15, -0.1) is 0 Å². The number of carbonyl (C=O) groups excluding carboxylic acids is 1. The molecule has 176 valence electrons. The van der Waals surface area contributed by atoms with Crippen molar-refractivity contribution >= 4 is 32.9 Å². The van der Waals surface area contributed by atoms with Crippen molar-refractivity contribution in [1.82, 2.24) is 30.0 Å². The van der Waals surface area contributed by atoms with E-state index in [2.05, 4.69) is 31.4 Å². The smallest absolute Gasteiger partial charge is 0.265 e. The lowest BCUT2D eigenvalue weighted by Gasteiger charge is -2.32. The van der Waals surface area contributed by atoms with Crippen molar-refractivity contribution in [2.75, 3.05) is 20.1 Å². The van der Waals surface area contributed by atoms with Crippen molar-refractivity contribution in [3.63, 3.8) is 0 Å². The number of aromatic amines is 1. The van der Waals surface area contributed by atoms with Gasteiger partial charge in [-0.3, -0.25) is 19.3 Å². The number of halogens is 1. The second-order valence-corrected chi connectivity index (χ2v) is 8.93. The van der Waals surface area contributed by atoms with E-state index < -0.39 is 6.04 Å². The van der Waals surface area contributed by atoms with Gasteiger partial charge in [-0.25, -0.2) is 4.98 Å². The summed E-state index contributed by atoms with van der Waals surface area (Å²) in [5, 5.41) is 10.4. The Labute approximate surface area is 206 Å². The third-order valence-electron chi connectivity index (χ3n) is 5.80. The zero-order valence-corrected chi connectivity index (χ0v) is 20.7. The van der Waals surface area contributed by atoms with Crippen LogP contribution in [-0.4, -0.2) is 50.7 Å². The second-order valence-electron chi connectivity index (χ2n) is 8.01. The number of benzene rings is 2. The molecule has 2 aromatic heterocycles. The molecule has 8 nitrogen and oxygen atoms in total. The van der Waals surface area contributed by atoms with E-state index in [1.807, 2.05) is 56.4 Å². The van der Waals surface area contributed by atoms with Gasteiger partial charge in [0.15, 0.2) is 5.65 Å². The normalized spacial score (nSPS) is 12.1. The fraction of sp³-hybridized carbons (Fsp3) is 0.280. The molecular weight excluding hydrogens is 496 g/mol. The molecule has 0 bridgehead atoms. The Hall–Kier alpha value is -3.30. The number of nitrogens with one attached hydrogen (secondary N) is 2. The van der Waals surface area contributed by atoms with Crippen molar-refractivity contribution in [2.24, 2.45) is 0 Å². The third kappa shape index (κ3) is 4.95. The Morgan fingerprint density at radius 2 is 1.91 bits per heavy atom. The van der Waals surface area contributed by atoms with Crippen molar-refractivity contribution in [3.8, 4) is 0 Å². The summed E-state index contributed by atoms with van der Waals surface area (Å²) in [5.74, 6) is 0.425. The molecule has 0 fully saturated rings. The number of amides is 1. The van der Waals surface area contributed by atoms with Crippen molar-refractivity contribution in [1.29, 1.82) is 0 Å². The lowest BCUT2D eigenvalue weighted by atomic mass is 10.1.